The quantitative estimate of drug-likeness (QED) is 0.346. The van der Waals surface area contributed by atoms with Gasteiger partial charge in [-0.3, -0.25) is 10.1 Å². The zero-order valence-electron chi connectivity index (χ0n) is 11.7. The molecule has 0 saturated heterocycles. The minimum absolute atomic E-state index is 0.135. The van der Waals surface area contributed by atoms with Crippen LogP contribution < -0.4 is 4.74 Å². The Balaban J connectivity index is 2.98. The first-order valence-corrected chi connectivity index (χ1v) is 6.24. The van der Waals surface area contributed by atoms with E-state index in [0.717, 1.165) is 0 Å². The van der Waals surface area contributed by atoms with Gasteiger partial charge in [-0.15, -0.1) is 0 Å². The smallest absolute Gasteiger partial charge is 0.330 e. The second kappa shape index (κ2) is 7.28. The summed E-state index contributed by atoms with van der Waals surface area (Å²) in [4.78, 5) is 21.7. The fourth-order valence-corrected chi connectivity index (χ4v) is 1.49. The largest absolute Gasteiger partial charge is 0.484 e. The molecule has 0 aliphatic rings. The number of hydrogen-bond donors (Lipinski definition) is 0. The molecule has 0 atom stereocenters. The number of nitrogens with zero attached hydrogens (tertiary/aromatic N) is 1. The molecule has 0 radical (unpaired) electrons. The highest BCUT2D eigenvalue weighted by Crippen LogP contribution is 2.29. The lowest BCUT2D eigenvalue weighted by atomic mass is 10.1. The van der Waals surface area contributed by atoms with Crippen LogP contribution in [-0.2, 0) is 9.53 Å². The van der Waals surface area contributed by atoms with Crippen LogP contribution >= 0.6 is 0 Å². The van der Waals surface area contributed by atoms with Gasteiger partial charge in [0, 0.05) is 12.1 Å². The second-order valence-electron chi connectivity index (χ2n) is 4.24. The normalized spacial score (nSPS) is 10.8. The van der Waals surface area contributed by atoms with Crippen LogP contribution in [0.1, 0.15) is 26.3 Å². The second-order valence-corrected chi connectivity index (χ2v) is 4.24. The molecular weight excluding hydrogens is 262 g/mol. The molecule has 0 aliphatic carbocycles. The molecule has 6 nitrogen and oxygen atoms in total. The standard InChI is InChI=1S/C14H17NO5/c1-4-19-14(16)8-6-11-5-7-13(20-10(2)3)12(9-11)15(17)18/h5-10H,4H2,1-3H3/b8-6+. The van der Waals surface area contributed by atoms with Gasteiger partial charge in [-0.2, -0.15) is 0 Å². The van der Waals surface area contributed by atoms with Gasteiger partial charge in [0.25, 0.3) is 0 Å². The molecule has 1 rings (SSSR count). The Hall–Kier alpha value is -2.37. The van der Waals surface area contributed by atoms with Crippen molar-refractivity contribution in [3.8, 4) is 5.75 Å². The first-order valence-electron chi connectivity index (χ1n) is 6.24. The number of esters is 1. The molecule has 0 amide bonds. The van der Waals surface area contributed by atoms with Crippen molar-refractivity contribution in [2.75, 3.05) is 6.61 Å². The van der Waals surface area contributed by atoms with E-state index in [2.05, 4.69) is 0 Å². The van der Waals surface area contributed by atoms with E-state index < -0.39 is 10.9 Å². The van der Waals surface area contributed by atoms with Gasteiger partial charge in [0.1, 0.15) is 0 Å². The molecule has 6 heteroatoms. The summed E-state index contributed by atoms with van der Waals surface area (Å²) in [5.41, 5.74) is 0.394. The van der Waals surface area contributed by atoms with Crippen molar-refractivity contribution in [2.45, 2.75) is 26.9 Å². The fraction of sp³-hybridized carbons (Fsp3) is 0.357. The molecule has 0 aliphatic heterocycles. The van der Waals surface area contributed by atoms with E-state index in [-0.39, 0.29) is 24.1 Å². The van der Waals surface area contributed by atoms with Crippen molar-refractivity contribution in [2.24, 2.45) is 0 Å². The van der Waals surface area contributed by atoms with E-state index in [1.54, 1.807) is 26.8 Å². The Kier molecular flexibility index (Phi) is 5.71. The molecular formula is C14H17NO5. The molecule has 0 saturated carbocycles. The van der Waals surface area contributed by atoms with E-state index in [4.69, 9.17) is 9.47 Å². The van der Waals surface area contributed by atoms with Crippen LogP contribution in [0.25, 0.3) is 6.08 Å². The van der Waals surface area contributed by atoms with Crippen LogP contribution in [0.4, 0.5) is 5.69 Å². The zero-order chi connectivity index (χ0) is 15.1. The third kappa shape index (κ3) is 4.72. The molecule has 0 heterocycles. The summed E-state index contributed by atoms with van der Waals surface area (Å²) in [5.74, 6) is -0.282. The lowest BCUT2D eigenvalue weighted by Gasteiger charge is -2.10. The van der Waals surface area contributed by atoms with Crippen molar-refractivity contribution < 1.29 is 19.2 Å². The lowest BCUT2D eigenvalue weighted by Crippen LogP contribution is -2.07. The molecule has 1 aromatic carbocycles. The maximum Gasteiger partial charge on any atom is 0.330 e. The topological polar surface area (TPSA) is 78.7 Å². The average Bonchev–Trinajstić information content (AvgIpc) is 2.37. The molecule has 0 spiro atoms. The molecule has 0 N–H and O–H groups in total. The van der Waals surface area contributed by atoms with Gasteiger partial charge >= 0.3 is 11.7 Å². The van der Waals surface area contributed by atoms with E-state index in [9.17, 15) is 14.9 Å². The van der Waals surface area contributed by atoms with E-state index in [1.807, 2.05) is 0 Å². The Morgan fingerprint density at radius 2 is 2.15 bits per heavy atom. The summed E-state index contributed by atoms with van der Waals surface area (Å²) in [6.45, 7) is 5.57. The third-order valence-corrected chi connectivity index (χ3v) is 2.24. The number of nitro benzene ring substituents is 1. The van der Waals surface area contributed by atoms with Gasteiger partial charge < -0.3 is 9.47 Å². The predicted molar refractivity (Wildman–Crippen MR) is 74.5 cm³/mol. The average molecular weight is 279 g/mol. The molecule has 1 aromatic rings. The highest BCUT2D eigenvalue weighted by molar-refractivity contribution is 5.87. The summed E-state index contributed by atoms with van der Waals surface area (Å²) in [6.07, 6.45) is 2.53. The van der Waals surface area contributed by atoms with Crippen molar-refractivity contribution in [1.29, 1.82) is 0 Å². The highest BCUT2D eigenvalue weighted by Gasteiger charge is 2.16. The maximum absolute atomic E-state index is 11.2. The Morgan fingerprint density at radius 1 is 1.45 bits per heavy atom. The predicted octanol–water partition coefficient (Wildman–Crippen LogP) is 2.96. The number of carbonyl (C=O) groups is 1. The van der Waals surface area contributed by atoms with Gasteiger partial charge in [-0.05, 0) is 38.5 Å². The van der Waals surface area contributed by atoms with Crippen LogP contribution in [0, 0.1) is 10.1 Å². The minimum Gasteiger partial charge on any atom is -0.484 e. The SMILES string of the molecule is CCOC(=O)/C=C/c1ccc(OC(C)C)c([N+](=O)[O-])c1. The molecule has 0 aromatic heterocycles. The van der Waals surface area contributed by atoms with Gasteiger partial charge in [0.2, 0.25) is 0 Å². The van der Waals surface area contributed by atoms with Crippen LogP contribution in [0.5, 0.6) is 5.75 Å². The van der Waals surface area contributed by atoms with Gasteiger partial charge in [0.15, 0.2) is 5.75 Å². The summed E-state index contributed by atoms with van der Waals surface area (Å²) in [5, 5.41) is 11.0. The summed E-state index contributed by atoms with van der Waals surface area (Å²) in [6, 6.07) is 4.51. The Morgan fingerprint density at radius 3 is 2.70 bits per heavy atom. The Labute approximate surface area is 117 Å². The molecule has 20 heavy (non-hydrogen) atoms. The van der Waals surface area contributed by atoms with Crippen molar-refractivity contribution in [3.05, 3.63) is 40.0 Å². The number of hydrogen-bond acceptors (Lipinski definition) is 5. The van der Waals surface area contributed by atoms with Crippen LogP contribution in [0.3, 0.4) is 0 Å². The van der Waals surface area contributed by atoms with Crippen molar-refractivity contribution in [1.82, 2.24) is 0 Å². The molecule has 0 fully saturated rings. The first-order chi connectivity index (χ1) is 9.43. The van der Waals surface area contributed by atoms with E-state index in [1.165, 1.54) is 24.3 Å². The number of nitro groups is 1. The summed E-state index contributed by atoms with van der Waals surface area (Å²) in [7, 11) is 0. The number of rotatable bonds is 6. The number of carbonyl (C=O) groups excluding carboxylic acids is 1. The maximum atomic E-state index is 11.2. The highest BCUT2D eigenvalue weighted by atomic mass is 16.6. The van der Waals surface area contributed by atoms with Crippen molar-refractivity contribution in [3.63, 3.8) is 0 Å². The monoisotopic (exact) mass is 279 g/mol. The van der Waals surface area contributed by atoms with E-state index in [0.29, 0.717) is 5.56 Å². The number of ether oxygens (including phenoxy) is 2. The van der Waals surface area contributed by atoms with Crippen LogP contribution in [-0.4, -0.2) is 23.6 Å². The Bertz CT molecular complexity index is 522. The van der Waals surface area contributed by atoms with E-state index >= 15 is 0 Å². The number of benzene rings is 1. The summed E-state index contributed by atoms with van der Waals surface area (Å²) >= 11 is 0. The summed E-state index contributed by atoms with van der Waals surface area (Å²) < 4.78 is 10.1. The van der Waals surface area contributed by atoms with Crippen molar-refractivity contribution >= 4 is 17.7 Å². The van der Waals surface area contributed by atoms with Gasteiger partial charge in [-0.1, -0.05) is 6.07 Å². The zero-order valence-corrected chi connectivity index (χ0v) is 11.7. The molecule has 0 bridgehead atoms. The van der Waals surface area contributed by atoms with Gasteiger partial charge in [0.05, 0.1) is 17.6 Å². The van der Waals surface area contributed by atoms with Gasteiger partial charge in [-0.25, -0.2) is 4.79 Å². The lowest BCUT2D eigenvalue weighted by molar-refractivity contribution is -0.386. The molecule has 0 unspecified atom stereocenters. The third-order valence-electron chi connectivity index (χ3n) is 2.24. The first kappa shape index (κ1) is 15.7. The van der Waals surface area contributed by atoms with Crippen LogP contribution in [0.2, 0.25) is 0 Å². The minimum atomic E-state index is -0.514. The fourth-order valence-electron chi connectivity index (χ4n) is 1.49. The van der Waals surface area contributed by atoms with Crippen LogP contribution in [0.15, 0.2) is 24.3 Å². The molecule has 108 valence electrons.